The third-order valence-corrected chi connectivity index (χ3v) is 5.66. The maximum Gasteiger partial charge on any atom is 0.251 e. The van der Waals surface area contributed by atoms with Crippen LogP contribution < -0.4 is 10.1 Å². The lowest BCUT2D eigenvalue weighted by molar-refractivity contribution is -0.129. The van der Waals surface area contributed by atoms with E-state index in [1.54, 1.807) is 48.3 Å². The molecule has 0 aromatic heterocycles. The number of benzene rings is 2. The van der Waals surface area contributed by atoms with Crippen LogP contribution in [0.2, 0.25) is 5.02 Å². The van der Waals surface area contributed by atoms with Crippen LogP contribution >= 0.6 is 11.6 Å². The van der Waals surface area contributed by atoms with Gasteiger partial charge in [0.05, 0.1) is 11.5 Å². The first-order valence-corrected chi connectivity index (χ1v) is 11.6. The molecule has 2 aromatic carbocycles. The number of sulfone groups is 1. The molecule has 0 aliphatic heterocycles. The molecular formula is C21H25ClN2O5S. The Hall–Kier alpha value is -2.58. The van der Waals surface area contributed by atoms with Gasteiger partial charge in [0.1, 0.15) is 5.75 Å². The fourth-order valence-corrected chi connectivity index (χ4v) is 3.37. The Bertz CT molecular complexity index is 977. The zero-order chi connectivity index (χ0) is 22.1. The van der Waals surface area contributed by atoms with Crippen molar-refractivity contribution in [1.82, 2.24) is 10.2 Å². The summed E-state index contributed by atoms with van der Waals surface area (Å²) in [6, 6.07) is 12.8. The zero-order valence-corrected chi connectivity index (χ0v) is 18.5. The van der Waals surface area contributed by atoms with E-state index in [-0.39, 0.29) is 29.7 Å². The van der Waals surface area contributed by atoms with Gasteiger partial charge in [0.2, 0.25) is 5.91 Å². The SMILES string of the molecule is CN(CCCOc1cccc(S(C)(=O)=O)c1)C(=O)CCNC(=O)c1ccc(Cl)cc1. The fraction of sp³-hybridized carbons (Fsp3) is 0.333. The van der Waals surface area contributed by atoms with Crippen molar-refractivity contribution in [3.05, 3.63) is 59.1 Å². The average molecular weight is 453 g/mol. The minimum Gasteiger partial charge on any atom is -0.493 e. The Morgan fingerprint density at radius 1 is 1.13 bits per heavy atom. The molecule has 0 atom stereocenters. The maximum absolute atomic E-state index is 12.2. The summed E-state index contributed by atoms with van der Waals surface area (Å²) in [5, 5.41) is 3.26. The normalized spacial score (nSPS) is 11.0. The van der Waals surface area contributed by atoms with Crippen LogP contribution in [-0.2, 0) is 14.6 Å². The molecule has 2 aromatic rings. The first-order chi connectivity index (χ1) is 14.2. The number of nitrogens with one attached hydrogen (secondary N) is 1. The quantitative estimate of drug-likeness (QED) is 0.559. The molecule has 2 amide bonds. The van der Waals surface area contributed by atoms with Crippen molar-refractivity contribution < 1.29 is 22.7 Å². The van der Waals surface area contributed by atoms with Crippen molar-refractivity contribution in [3.8, 4) is 5.75 Å². The standard InChI is InChI=1S/C21H25ClN2O5S/c1-24(13-4-14-29-18-5-3-6-19(15-18)30(2,27)28)20(25)11-12-23-21(26)16-7-9-17(22)10-8-16/h3,5-10,15H,4,11-14H2,1-2H3,(H,23,26). The molecule has 30 heavy (non-hydrogen) atoms. The van der Waals surface area contributed by atoms with Crippen LogP contribution in [0.5, 0.6) is 5.75 Å². The monoisotopic (exact) mass is 452 g/mol. The van der Waals surface area contributed by atoms with E-state index in [0.717, 1.165) is 6.26 Å². The number of halogens is 1. The number of carbonyl (C=O) groups is 2. The molecule has 2 rings (SSSR count). The number of hydrogen-bond acceptors (Lipinski definition) is 5. The van der Waals surface area contributed by atoms with Crippen LogP contribution in [0.4, 0.5) is 0 Å². The van der Waals surface area contributed by atoms with Gasteiger partial charge in [0.25, 0.3) is 5.91 Å². The van der Waals surface area contributed by atoms with Gasteiger partial charge in [-0.15, -0.1) is 0 Å². The van der Waals surface area contributed by atoms with Gasteiger partial charge in [0, 0.05) is 43.4 Å². The molecule has 0 saturated heterocycles. The Labute approximate surface area is 181 Å². The van der Waals surface area contributed by atoms with Crippen LogP contribution in [0.1, 0.15) is 23.2 Å². The van der Waals surface area contributed by atoms with E-state index < -0.39 is 9.84 Å². The highest BCUT2D eigenvalue weighted by Gasteiger charge is 2.11. The highest BCUT2D eigenvalue weighted by atomic mass is 35.5. The summed E-state index contributed by atoms with van der Waals surface area (Å²) in [6.07, 6.45) is 1.92. The van der Waals surface area contributed by atoms with E-state index in [1.165, 1.54) is 12.1 Å². The van der Waals surface area contributed by atoms with Gasteiger partial charge in [-0.05, 0) is 48.9 Å². The summed E-state index contributed by atoms with van der Waals surface area (Å²) < 4.78 is 28.7. The first-order valence-electron chi connectivity index (χ1n) is 9.37. The number of hydrogen-bond donors (Lipinski definition) is 1. The highest BCUT2D eigenvalue weighted by molar-refractivity contribution is 7.90. The Morgan fingerprint density at radius 2 is 1.83 bits per heavy atom. The molecule has 7 nitrogen and oxygen atoms in total. The lowest BCUT2D eigenvalue weighted by atomic mass is 10.2. The van der Waals surface area contributed by atoms with Crippen LogP contribution in [0.3, 0.4) is 0 Å². The van der Waals surface area contributed by atoms with Crippen molar-refractivity contribution in [3.63, 3.8) is 0 Å². The lowest BCUT2D eigenvalue weighted by Crippen LogP contribution is -2.33. The first kappa shape index (κ1) is 23.7. The van der Waals surface area contributed by atoms with E-state index >= 15 is 0 Å². The molecular weight excluding hydrogens is 428 g/mol. The third kappa shape index (κ3) is 7.68. The summed E-state index contributed by atoms with van der Waals surface area (Å²) in [6.45, 7) is 1.06. The summed E-state index contributed by atoms with van der Waals surface area (Å²) in [5.74, 6) is 0.120. The number of carbonyl (C=O) groups excluding carboxylic acids is 2. The van der Waals surface area contributed by atoms with Gasteiger partial charge in [-0.1, -0.05) is 17.7 Å². The minimum absolute atomic E-state index is 0.0921. The van der Waals surface area contributed by atoms with Gasteiger partial charge in [0.15, 0.2) is 9.84 Å². The summed E-state index contributed by atoms with van der Waals surface area (Å²) in [7, 11) is -1.60. The Kier molecular flexibility index (Phi) is 8.68. The molecule has 162 valence electrons. The van der Waals surface area contributed by atoms with Crippen molar-refractivity contribution in [1.29, 1.82) is 0 Å². The van der Waals surface area contributed by atoms with Gasteiger partial charge in [-0.3, -0.25) is 9.59 Å². The Balaban J connectivity index is 1.67. The van der Waals surface area contributed by atoms with Crippen LogP contribution in [0, 0.1) is 0 Å². The largest absolute Gasteiger partial charge is 0.493 e. The Morgan fingerprint density at radius 3 is 2.50 bits per heavy atom. The predicted octanol–water partition coefficient (Wildman–Crippen LogP) is 2.79. The molecule has 9 heteroatoms. The fourth-order valence-electron chi connectivity index (χ4n) is 2.59. The third-order valence-electron chi connectivity index (χ3n) is 4.30. The van der Waals surface area contributed by atoms with Gasteiger partial charge >= 0.3 is 0 Å². The topological polar surface area (TPSA) is 92.8 Å². The number of amides is 2. The summed E-state index contributed by atoms with van der Waals surface area (Å²) in [4.78, 5) is 26.0. The number of ether oxygens (including phenoxy) is 1. The zero-order valence-electron chi connectivity index (χ0n) is 16.9. The van der Waals surface area contributed by atoms with Crippen LogP contribution in [-0.4, -0.2) is 58.1 Å². The summed E-state index contributed by atoms with van der Waals surface area (Å²) in [5.41, 5.74) is 0.484. The highest BCUT2D eigenvalue weighted by Crippen LogP contribution is 2.17. The molecule has 0 spiro atoms. The molecule has 0 heterocycles. The predicted molar refractivity (Wildman–Crippen MR) is 116 cm³/mol. The second-order valence-corrected chi connectivity index (χ2v) is 9.23. The van der Waals surface area contributed by atoms with Crippen LogP contribution in [0.25, 0.3) is 0 Å². The smallest absolute Gasteiger partial charge is 0.251 e. The molecule has 0 fully saturated rings. The van der Waals surface area contributed by atoms with E-state index in [2.05, 4.69) is 5.32 Å². The number of rotatable bonds is 10. The van der Waals surface area contributed by atoms with Crippen molar-refractivity contribution in [2.45, 2.75) is 17.7 Å². The molecule has 1 N–H and O–H groups in total. The second kappa shape index (κ2) is 11.0. The molecule has 0 saturated carbocycles. The number of nitrogens with zero attached hydrogens (tertiary/aromatic N) is 1. The lowest BCUT2D eigenvalue weighted by Gasteiger charge is -2.17. The van der Waals surface area contributed by atoms with Crippen LogP contribution in [0.15, 0.2) is 53.4 Å². The van der Waals surface area contributed by atoms with Gasteiger partial charge in [-0.2, -0.15) is 0 Å². The minimum atomic E-state index is -3.28. The molecule has 0 aliphatic rings. The maximum atomic E-state index is 12.2. The van der Waals surface area contributed by atoms with Gasteiger partial charge < -0.3 is 15.0 Å². The second-order valence-electron chi connectivity index (χ2n) is 6.78. The molecule has 0 unspecified atom stereocenters. The molecule has 0 bridgehead atoms. The van der Waals surface area contributed by atoms with Crippen molar-refractivity contribution >= 4 is 33.3 Å². The van der Waals surface area contributed by atoms with E-state index in [1.807, 2.05) is 0 Å². The van der Waals surface area contributed by atoms with E-state index in [4.69, 9.17) is 16.3 Å². The average Bonchev–Trinajstić information content (AvgIpc) is 2.71. The van der Waals surface area contributed by atoms with E-state index in [9.17, 15) is 18.0 Å². The molecule has 0 radical (unpaired) electrons. The van der Waals surface area contributed by atoms with E-state index in [0.29, 0.717) is 35.9 Å². The van der Waals surface area contributed by atoms with Gasteiger partial charge in [-0.25, -0.2) is 8.42 Å². The molecule has 0 aliphatic carbocycles. The van der Waals surface area contributed by atoms with Crippen molar-refractivity contribution in [2.75, 3.05) is 33.0 Å². The van der Waals surface area contributed by atoms with Crippen molar-refractivity contribution in [2.24, 2.45) is 0 Å². The summed E-state index contributed by atoms with van der Waals surface area (Å²) >= 11 is 5.79.